The van der Waals surface area contributed by atoms with Gasteiger partial charge in [-0.05, 0) is 49.2 Å². The van der Waals surface area contributed by atoms with E-state index in [0.717, 1.165) is 11.3 Å². The monoisotopic (exact) mass is 303 g/mol. The molecule has 0 fully saturated rings. The number of aryl methyl sites for hydroxylation is 2. The molecule has 0 aliphatic rings. The topological polar surface area (TPSA) is 40.5 Å². The van der Waals surface area contributed by atoms with Gasteiger partial charge in [0.25, 0.3) is 0 Å². The number of carbonyl (C=O) groups is 1. The summed E-state index contributed by atoms with van der Waals surface area (Å²) in [6.45, 7) is 4.60. The largest absolute Gasteiger partial charge is 0.480 e. The van der Waals surface area contributed by atoms with Crippen molar-refractivity contribution in [2.45, 2.75) is 20.4 Å². The van der Waals surface area contributed by atoms with E-state index >= 15 is 0 Å². The fourth-order valence-electron chi connectivity index (χ4n) is 2.28. The fraction of sp³-hybridized carbons (Fsp3) is 0.235. The summed E-state index contributed by atoms with van der Waals surface area (Å²) in [5.41, 5.74) is 4.34. The summed E-state index contributed by atoms with van der Waals surface area (Å²) >= 11 is 5.89. The van der Waals surface area contributed by atoms with Crippen molar-refractivity contribution in [2.75, 3.05) is 11.4 Å². The molecule has 0 heterocycles. The van der Waals surface area contributed by atoms with Crippen LogP contribution in [0.3, 0.4) is 0 Å². The lowest BCUT2D eigenvalue weighted by Crippen LogP contribution is -2.29. The highest BCUT2D eigenvalue weighted by atomic mass is 35.5. The third kappa shape index (κ3) is 4.23. The number of hydrogen-bond acceptors (Lipinski definition) is 2. The Kier molecular flexibility index (Phi) is 4.86. The predicted molar refractivity (Wildman–Crippen MR) is 86.1 cm³/mol. The molecule has 0 amide bonds. The van der Waals surface area contributed by atoms with Crippen molar-refractivity contribution in [1.29, 1.82) is 0 Å². The number of hydrogen-bond donors (Lipinski definition) is 1. The van der Waals surface area contributed by atoms with Crippen LogP contribution < -0.4 is 4.90 Å². The zero-order chi connectivity index (χ0) is 15.4. The fourth-order valence-corrected chi connectivity index (χ4v) is 2.41. The van der Waals surface area contributed by atoms with Crippen LogP contribution in [0.4, 0.5) is 5.69 Å². The second kappa shape index (κ2) is 6.64. The summed E-state index contributed by atoms with van der Waals surface area (Å²) in [6.07, 6.45) is 0. The van der Waals surface area contributed by atoms with Gasteiger partial charge in [-0.2, -0.15) is 0 Å². The van der Waals surface area contributed by atoms with E-state index in [0.29, 0.717) is 11.6 Å². The highest BCUT2D eigenvalue weighted by Crippen LogP contribution is 2.21. The summed E-state index contributed by atoms with van der Waals surface area (Å²) in [4.78, 5) is 12.9. The molecule has 0 aromatic heterocycles. The molecule has 2 aromatic rings. The van der Waals surface area contributed by atoms with Gasteiger partial charge in [-0.25, -0.2) is 0 Å². The molecule has 0 bridgehead atoms. The third-order valence-corrected chi connectivity index (χ3v) is 3.63. The summed E-state index contributed by atoms with van der Waals surface area (Å²) in [6, 6.07) is 13.4. The van der Waals surface area contributed by atoms with Gasteiger partial charge < -0.3 is 10.0 Å². The Labute approximate surface area is 129 Å². The number of rotatable bonds is 5. The van der Waals surface area contributed by atoms with Gasteiger partial charge in [-0.1, -0.05) is 35.4 Å². The molecule has 3 nitrogen and oxygen atoms in total. The van der Waals surface area contributed by atoms with Gasteiger partial charge in [0.1, 0.15) is 6.54 Å². The molecule has 110 valence electrons. The van der Waals surface area contributed by atoms with Crippen LogP contribution in [-0.2, 0) is 11.3 Å². The highest BCUT2D eigenvalue weighted by molar-refractivity contribution is 6.30. The molecule has 0 aliphatic heterocycles. The van der Waals surface area contributed by atoms with Crippen LogP contribution in [0.5, 0.6) is 0 Å². The standard InChI is InChI=1S/C17H18ClNO2/c1-12-3-4-14(13(2)9-12)10-19(11-17(20)21)16-7-5-15(18)6-8-16/h3-9H,10-11H2,1-2H3,(H,20,21). The predicted octanol–water partition coefficient (Wildman–Crippen LogP) is 4.05. The lowest BCUT2D eigenvalue weighted by Gasteiger charge is -2.24. The highest BCUT2D eigenvalue weighted by Gasteiger charge is 2.12. The van der Waals surface area contributed by atoms with Gasteiger partial charge in [0, 0.05) is 17.3 Å². The van der Waals surface area contributed by atoms with Crippen LogP contribution in [-0.4, -0.2) is 17.6 Å². The first-order chi connectivity index (χ1) is 9.95. The SMILES string of the molecule is Cc1ccc(CN(CC(=O)O)c2ccc(Cl)cc2)c(C)c1. The van der Waals surface area contributed by atoms with Crippen molar-refractivity contribution in [2.24, 2.45) is 0 Å². The average Bonchev–Trinajstić information content (AvgIpc) is 2.41. The number of anilines is 1. The maximum absolute atomic E-state index is 11.1. The van der Waals surface area contributed by atoms with Crippen molar-refractivity contribution < 1.29 is 9.90 Å². The van der Waals surface area contributed by atoms with E-state index in [9.17, 15) is 4.79 Å². The van der Waals surface area contributed by atoms with E-state index in [2.05, 4.69) is 12.1 Å². The van der Waals surface area contributed by atoms with E-state index in [1.807, 2.05) is 36.9 Å². The van der Waals surface area contributed by atoms with Gasteiger partial charge >= 0.3 is 5.97 Å². The third-order valence-electron chi connectivity index (χ3n) is 3.38. The molecule has 0 saturated carbocycles. The Balaban J connectivity index is 2.27. The Morgan fingerprint density at radius 1 is 1.14 bits per heavy atom. The minimum absolute atomic E-state index is 0.0467. The van der Waals surface area contributed by atoms with Crippen LogP contribution in [0.15, 0.2) is 42.5 Å². The lowest BCUT2D eigenvalue weighted by molar-refractivity contribution is -0.135. The molecular formula is C17H18ClNO2. The Hall–Kier alpha value is -2.00. The van der Waals surface area contributed by atoms with E-state index in [1.165, 1.54) is 11.1 Å². The molecule has 0 unspecified atom stereocenters. The minimum atomic E-state index is -0.852. The normalized spacial score (nSPS) is 10.4. The molecule has 2 aromatic carbocycles. The average molecular weight is 304 g/mol. The molecule has 4 heteroatoms. The van der Waals surface area contributed by atoms with Crippen molar-refractivity contribution in [3.63, 3.8) is 0 Å². The second-order valence-corrected chi connectivity index (χ2v) is 5.59. The van der Waals surface area contributed by atoms with Gasteiger partial charge in [0.15, 0.2) is 0 Å². The first-order valence-corrected chi connectivity index (χ1v) is 7.12. The maximum atomic E-state index is 11.1. The van der Waals surface area contributed by atoms with E-state index in [-0.39, 0.29) is 6.54 Å². The summed E-state index contributed by atoms with van der Waals surface area (Å²) in [5.74, 6) is -0.852. The molecule has 0 radical (unpaired) electrons. The van der Waals surface area contributed by atoms with Gasteiger partial charge in [-0.3, -0.25) is 4.79 Å². The number of halogens is 1. The molecular weight excluding hydrogens is 286 g/mol. The zero-order valence-electron chi connectivity index (χ0n) is 12.1. The number of carboxylic acids is 1. The van der Waals surface area contributed by atoms with Crippen molar-refractivity contribution >= 4 is 23.3 Å². The van der Waals surface area contributed by atoms with Crippen LogP contribution >= 0.6 is 11.6 Å². The van der Waals surface area contributed by atoms with Crippen LogP contribution in [0.2, 0.25) is 5.02 Å². The van der Waals surface area contributed by atoms with Gasteiger partial charge in [-0.15, -0.1) is 0 Å². The molecule has 2 rings (SSSR count). The van der Waals surface area contributed by atoms with Crippen molar-refractivity contribution in [1.82, 2.24) is 0 Å². The molecule has 1 N–H and O–H groups in total. The van der Waals surface area contributed by atoms with Gasteiger partial charge in [0.05, 0.1) is 0 Å². The first-order valence-electron chi connectivity index (χ1n) is 6.74. The Morgan fingerprint density at radius 2 is 1.81 bits per heavy atom. The smallest absolute Gasteiger partial charge is 0.323 e. The summed E-state index contributed by atoms with van der Waals surface area (Å²) in [7, 11) is 0. The Bertz CT molecular complexity index is 638. The van der Waals surface area contributed by atoms with Crippen LogP contribution in [0, 0.1) is 13.8 Å². The van der Waals surface area contributed by atoms with Crippen molar-refractivity contribution in [3.8, 4) is 0 Å². The van der Waals surface area contributed by atoms with Crippen molar-refractivity contribution in [3.05, 3.63) is 64.2 Å². The number of nitrogens with zero attached hydrogens (tertiary/aromatic N) is 1. The second-order valence-electron chi connectivity index (χ2n) is 5.16. The zero-order valence-corrected chi connectivity index (χ0v) is 12.9. The van der Waals surface area contributed by atoms with E-state index in [1.54, 1.807) is 12.1 Å². The van der Waals surface area contributed by atoms with Crippen LogP contribution in [0.25, 0.3) is 0 Å². The number of aliphatic carboxylic acids is 1. The van der Waals surface area contributed by atoms with E-state index in [4.69, 9.17) is 16.7 Å². The molecule has 0 atom stereocenters. The quantitative estimate of drug-likeness (QED) is 0.906. The number of benzene rings is 2. The molecule has 0 aliphatic carbocycles. The number of carboxylic acid groups (broad SMARTS) is 1. The first kappa shape index (κ1) is 15.4. The maximum Gasteiger partial charge on any atom is 0.323 e. The van der Waals surface area contributed by atoms with Gasteiger partial charge in [0.2, 0.25) is 0 Å². The minimum Gasteiger partial charge on any atom is -0.480 e. The molecule has 0 spiro atoms. The van der Waals surface area contributed by atoms with E-state index < -0.39 is 5.97 Å². The Morgan fingerprint density at radius 3 is 2.38 bits per heavy atom. The molecule has 21 heavy (non-hydrogen) atoms. The summed E-state index contributed by atoms with van der Waals surface area (Å²) < 4.78 is 0. The lowest BCUT2D eigenvalue weighted by atomic mass is 10.0. The van der Waals surface area contributed by atoms with Crippen LogP contribution in [0.1, 0.15) is 16.7 Å². The summed E-state index contributed by atoms with van der Waals surface area (Å²) in [5, 5.41) is 9.76. The molecule has 0 saturated heterocycles.